The number of nitrogens with one attached hydrogen (secondary N) is 1. The maximum Gasteiger partial charge on any atom is 0.317 e. The van der Waals surface area contributed by atoms with Gasteiger partial charge in [0.1, 0.15) is 0 Å². The zero-order valence-corrected chi connectivity index (χ0v) is 17.7. The Morgan fingerprint density at radius 2 is 1.58 bits per heavy atom. The van der Waals surface area contributed by atoms with Crippen molar-refractivity contribution >= 4 is 6.03 Å². The van der Waals surface area contributed by atoms with Gasteiger partial charge in [-0.2, -0.15) is 0 Å². The minimum absolute atomic E-state index is 0.130. The lowest BCUT2D eigenvalue weighted by atomic mass is 9.53. The van der Waals surface area contributed by atoms with Crippen LogP contribution in [0.2, 0.25) is 0 Å². The van der Waals surface area contributed by atoms with Crippen LogP contribution in [0.15, 0.2) is 0 Å². The third-order valence-electron chi connectivity index (χ3n) is 8.82. The summed E-state index contributed by atoms with van der Waals surface area (Å²) in [5.41, 5.74) is 0.580. The van der Waals surface area contributed by atoms with Crippen molar-refractivity contribution in [3.8, 4) is 0 Å². The molecule has 0 radical (unpaired) electrons. The van der Waals surface area contributed by atoms with E-state index in [1.165, 1.54) is 44.9 Å². The van der Waals surface area contributed by atoms with Gasteiger partial charge in [0.15, 0.2) is 0 Å². The number of carbonyl (C=O) groups excluding carboxylic acids is 1. The molecule has 4 bridgehead atoms. The van der Waals surface area contributed by atoms with Gasteiger partial charge in [-0.1, -0.05) is 34.6 Å². The van der Waals surface area contributed by atoms with Crippen LogP contribution in [-0.4, -0.2) is 29.6 Å². The number of piperidine rings is 1. The third kappa shape index (κ3) is 2.98. The monoisotopic (exact) mass is 360 g/mol. The van der Waals surface area contributed by atoms with Gasteiger partial charge in [0.05, 0.1) is 0 Å². The first-order chi connectivity index (χ1) is 12.1. The van der Waals surface area contributed by atoms with E-state index in [2.05, 4.69) is 44.8 Å². The fourth-order valence-electron chi connectivity index (χ4n) is 7.78. The molecule has 5 aliphatic rings. The smallest absolute Gasteiger partial charge is 0.317 e. The van der Waals surface area contributed by atoms with Gasteiger partial charge in [0.2, 0.25) is 0 Å². The van der Waals surface area contributed by atoms with E-state index in [1.54, 1.807) is 0 Å². The molecule has 26 heavy (non-hydrogen) atoms. The molecule has 3 nitrogen and oxygen atoms in total. The molecule has 1 atom stereocenters. The minimum Gasteiger partial charge on any atom is -0.333 e. The summed E-state index contributed by atoms with van der Waals surface area (Å²) in [6.07, 6.45) is 10.4. The van der Waals surface area contributed by atoms with E-state index in [4.69, 9.17) is 0 Å². The number of carbonyl (C=O) groups is 1. The van der Waals surface area contributed by atoms with Gasteiger partial charge in [-0.3, -0.25) is 0 Å². The Hall–Kier alpha value is -0.730. The molecule has 0 aromatic carbocycles. The molecule has 1 heterocycles. The van der Waals surface area contributed by atoms with E-state index in [9.17, 15) is 4.79 Å². The van der Waals surface area contributed by atoms with Gasteiger partial charge in [-0.15, -0.1) is 0 Å². The number of urea groups is 1. The SMILES string of the molecule is CC(C)C1(C(C)(C)C)CCCN(C(=O)NC23CC4CC(CC(C4)C2)C3)C1. The molecule has 1 N–H and O–H groups in total. The molecule has 1 unspecified atom stereocenters. The molecule has 1 saturated heterocycles. The van der Waals surface area contributed by atoms with Crippen LogP contribution in [-0.2, 0) is 0 Å². The van der Waals surface area contributed by atoms with Gasteiger partial charge < -0.3 is 10.2 Å². The Bertz CT molecular complexity index is 526. The summed E-state index contributed by atoms with van der Waals surface area (Å²) < 4.78 is 0. The van der Waals surface area contributed by atoms with Crippen LogP contribution in [0.4, 0.5) is 4.79 Å². The highest BCUT2D eigenvalue weighted by atomic mass is 16.2. The van der Waals surface area contributed by atoms with Crippen LogP contribution < -0.4 is 5.32 Å². The van der Waals surface area contributed by atoms with E-state index in [0.29, 0.717) is 5.92 Å². The van der Waals surface area contributed by atoms with E-state index >= 15 is 0 Å². The number of amides is 2. The van der Waals surface area contributed by atoms with Gasteiger partial charge in [-0.05, 0) is 85.9 Å². The predicted octanol–water partition coefficient (Wildman–Crippen LogP) is 5.45. The first kappa shape index (κ1) is 18.6. The van der Waals surface area contributed by atoms with Crippen molar-refractivity contribution in [3.63, 3.8) is 0 Å². The fourth-order valence-corrected chi connectivity index (χ4v) is 7.78. The van der Waals surface area contributed by atoms with Crippen LogP contribution >= 0.6 is 0 Å². The van der Waals surface area contributed by atoms with Gasteiger partial charge in [-0.25, -0.2) is 4.79 Å². The van der Waals surface area contributed by atoms with Crippen LogP contribution in [0.5, 0.6) is 0 Å². The Labute approximate surface area is 160 Å². The fraction of sp³-hybridized carbons (Fsp3) is 0.957. The summed E-state index contributed by atoms with van der Waals surface area (Å²) in [6.45, 7) is 13.7. The molecule has 0 aromatic heterocycles. The average Bonchev–Trinajstić information content (AvgIpc) is 2.51. The Kier molecular flexibility index (Phi) is 4.40. The van der Waals surface area contributed by atoms with E-state index in [-0.39, 0.29) is 22.4 Å². The summed E-state index contributed by atoms with van der Waals surface area (Å²) >= 11 is 0. The summed E-state index contributed by atoms with van der Waals surface area (Å²) in [5.74, 6) is 3.24. The number of rotatable bonds is 2. The first-order valence-corrected chi connectivity index (χ1v) is 11.2. The standard InChI is InChI=1S/C23H40N2O/c1-16(2)23(21(3,4)5)7-6-8-25(15-23)20(26)24-22-12-17-9-18(13-22)11-19(10-17)14-22/h16-19H,6-15H2,1-5H3,(H,24,26). The van der Waals surface area contributed by atoms with E-state index in [0.717, 1.165) is 37.3 Å². The number of nitrogens with zero attached hydrogens (tertiary/aromatic N) is 1. The quantitative estimate of drug-likeness (QED) is 0.698. The van der Waals surface area contributed by atoms with E-state index in [1.807, 2.05) is 0 Å². The van der Waals surface area contributed by atoms with Gasteiger partial charge in [0, 0.05) is 18.6 Å². The summed E-state index contributed by atoms with van der Waals surface area (Å²) in [7, 11) is 0. The second-order valence-corrected chi connectivity index (χ2v) is 11.7. The third-order valence-corrected chi connectivity index (χ3v) is 8.82. The van der Waals surface area contributed by atoms with Crippen LogP contribution in [0.1, 0.15) is 86.0 Å². The van der Waals surface area contributed by atoms with Crippen LogP contribution in [0.3, 0.4) is 0 Å². The zero-order chi connectivity index (χ0) is 18.7. The predicted molar refractivity (Wildman–Crippen MR) is 107 cm³/mol. The van der Waals surface area contributed by atoms with Crippen molar-refractivity contribution < 1.29 is 4.79 Å². The number of likely N-dealkylation sites (tertiary alicyclic amines) is 1. The van der Waals surface area contributed by atoms with Crippen molar-refractivity contribution in [1.29, 1.82) is 0 Å². The van der Waals surface area contributed by atoms with Crippen molar-refractivity contribution in [2.45, 2.75) is 91.5 Å². The zero-order valence-electron chi connectivity index (χ0n) is 17.7. The lowest BCUT2D eigenvalue weighted by Gasteiger charge is -2.58. The highest BCUT2D eigenvalue weighted by molar-refractivity contribution is 5.75. The molecule has 4 saturated carbocycles. The minimum atomic E-state index is 0.130. The molecule has 0 spiro atoms. The summed E-state index contributed by atoms with van der Waals surface area (Å²) in [5, 5.41) is 3.61. The Balaban J connectivity index is 1.48. The van der Waals surface area contributed by atoms with Crippen LogP contribution in [0.25, 0.3) is 0 Å². The molecule has 1 aliphatic heterocycles. The van der Waals surface area contributed by atoms with Crippen molar-refractivity contribution in [2.75, 3.05) is 13.1 Å². The van der Waals surface area contributed by atoms with Crippen molar-refractivity contribution in [3.05, 3.63) is 0 Å². The molecule has 148 valence electrons. The Morgan fingerprint density at radius 3 is 2.04 bits per heavy atom. The topological polar surface area (TPSA) is 32.3 Å². The first-order valence-electron chi connectivity index (χ1n) is 11.2. The average molecular weight is 361 g/mol. The van der Waals surface area contributed by atoms with E-state index < -0.39 is 0 Å². The second-order valence-electron chi connectivity index (χ2n) is 11.7. The molecule has 3 heteroatoms. The highest BCUT2D eigenvalue weighted by Gasteiger charge is 2.53. The molecule has 5 fully saturated rings. The normalized spacial score (nSPS) is 42.4. The summed E-state index contributed by atoms with van der Waals surface area (Å²) in [4.78, 5) is 15.5. The van der Waals surface area contributed by atoms with Crippen molar-refractivity contribution in [2.24, 2.45) is 34.5 Å². The highest BCUT2D eigenvalue weighted by Crippen LogP contribution is 2.56. The second kappa shape index (κ2) is 6.14. The number of hydrogen-bond acceptors (Lipinski definition) is 1. The van der Waals surface area contributed by atoms with Crippen LogP contribution in [0, 0.1) is 34.5 Å². The molecular formula is C23H40N2O. The van der Waals surface area contributed by atoms with Gasteiger partial charge >= 0.3 is 6.03 Å². The maximum atomic E-state index is 13.3. The molecule has 5 rings (SSSR count). The molecule has 4 aliphatic carbocycles. The lowest BCUT2D eigenvalue weighted by molar-refractivity contribution is -0.0392. The van der Waals surface area contributed by atoms with Gasteiger partial charge in [0.25, 0.3) is 0 Å². The Morgan fingerprint density at radius 1 is 1.04 bits per heavy atom. The summed E-state index contributed by atoms with van der Waals surface area (Å²) in [6, 6.07) is 0.237. The molecular weight excluding hydrogens is 320 g/mol. The molecule has 2 amide bonds. The lowest BCUT2D eigenvalue weighted by Crippen LogP contribution is -2.64. The molecule has 0 aromatic rings. The number of hydrogen-bond donors (Lipinski definition) is 1. The largest absolute Gasteiger partial charge is 0.333 e. The van der Waals surface area contributed by atoms with Crippen molar-refractivity contribution in [1.82, 2.24) is 10.2 Å². The maximum absolute atomic E-state index is 13.3.